The quantitative estimate of drug-likeness (QED) is 0.762. The molecule has 1 amide bonds. The maximum atomic E-state index is 11.5. The third kappa shape index (κ3) is 3.66. The van der Waals surface area contributed by atoms with E-state index in [2.05, 4.69) is 12.2 Å². The highest BCUT2D eigenvalue weighted by molar-refractivity contribution is 5.77. The standard InChI is InChI=1S/C13H18N2O2/c1-13(6-7-13)15-12(16)5-8-17-11-4-2-3-10(14)9-11/h2-4,9H,5-8,14H2,1H3,(H,15,16). The summed E-state index contributed by atoms with van der Waals surface area (Å²) >= 11 is 0. The molecule has 0 spiro atoms. The molecule has 2 rings (SSSR count). The number of benzene rings is 1. The zero-order valence-electron chi connectivity index (χ0n) is 10.0. The van der Waals surface area contributed by atoms with Gasteiger partial charge in [0.25, 0.3) is 0 Å². The molecule has 0 bridgehead atoms. The van der Waals surface area contributed by atoms with Crippen molar-refractivity contribution in [3.63, 3.8) is 0 Å². The van der Waals surface area contributed by atoms with Crippen LogP contribution in [0.5, 0.6) is 5.75 Å². The predicted molar refractivity (Wildman–Crippen MR) is 66.7 cm³/mol. The number of amides is 1. The largest absolute Gasteiger partial charge is 0.493 e. The van der Waals surface area contributed by atoms with Crippen LogP contribution in [0, 0.1) is 0 Å². The first-order chi connectivity index (χ1) is 8.07. The third-order valence-corrected chi connectivity index (χ3v) is 2.90. The number of rotatable bonds is 5. The fourth-order valence-electron chi connectivity index (χ4n) is 1.58. The molecule has 0 radical (unpaired) electrons. The van der Waals surface area contributed by atoms with Gasteiger partial charge in [-0.25, -0.2) is 0 Å². The number of nitrogens with one attached hydrogen (secondary N) is 1. The van der Waals surface area contributed by atoms with E-state index in [0.29, 0.717) is 24.5 Å². The van der Waals surface area contributed by atoms with E-state index in [1.165, 1.54) is 0 Å². The van der Waals surface area contributed by atoms with Gasteiger partial charge in [-0.3, -0.25) is 4.79 Å². The maximum absolute atomic E-state index is 11.5. The average molecular weight is 234 g/mol. The zero-order valence-corrected chi connectivity index (χ0v) is 10.0. The summed E-state index contributed by atoms with van der Waals surface area (Å²) in [6.45, 7) is 2.44. The number of anilines is 1. The molecule has 1 aromatic rings. The van der Waals surface area contributed by atoms with Crippen molar-refractivity contribution in [2.45, 2.75) is 31.7 Å². The summed E-state index contributed by atoms with van der Waals surface area (Å²) in [6, 6.07) is 7.21. The first kappa shape index (κ1) is 11.8. The Bertz CT molecular complexity index is 414. The van der Waals surface area contributed by atoms with Crippen LogP contribution in [0.4, 0.5) is 5.69 Å². The molecular formula is C13H18N2O2. The third-order valence-electron chi connectivity index (χ3n) is 2.90. The van der Waals surface area contributed by atoms with Gasteiger partial charge in [0.05, 0.1) is 13.0 Å². The van der Waals surface area contributed by atoms with E-state index < -0.39 is 0 Å². The highest BCUT2D eigenvalue weighted by Crippen LogP contribution is 2.34. The van der Waals surface area contributed by atoms with Crippen molar-refractivity contribution < 1.29 is 9.53 Å². The minimum atomic E-state index is 0.0499. The monoisotopic (exact) mass is 234 g/mol. The van der Waals surface area contributed by atoms with E-state index in [1.54, 1.807) is 12.1 Å². The molecule has 1 aliphatic rings. The lowest BCUT2D eigenvalue weighted by molar-refractivity contribution is -0.122. The topological polar surface area (TPSA) is 64.3 Å². The Morgan fingerprint density at radius 1 is 1.53 bits per heavy atom. The van der Waals surface area contributed by atoms with Crippen molar-refractivity contribution in [3.05, 3.63) is 24.3 Å². The van der Waals surface area contributed by atoms with Gasteiger partial charge in [0.1, 0.15) is 5.75 Å². The molecule has 4 nitrogen and oxygen atoms in total. The number of hydrogen-bond acceptors (Lipinski definition) is 3. The minimum Gasteiger partial charge on any atom is -0.493 e. The van der Waals surface area contributed by atoms with Gasteiger partial charge in [0.2, 0.25) is 5.91 Å². The summed E-state index contributed by atoms with van der Waals surface area (Å²) in [5.41, 5.74) is 6.34. The van der Waals surface area contributed by atoms with Crippen molar-refractivity contribution in [1.82, 2.24) is 5.32 Å². The minimum absolute atomic E-state index is 0.0499. The molecule has 17 heavy (non-hydrogen) atoms. The maximum Gasteiger partial charge on any atom is 0.223 e. The first-order valence-electron chi connectivity index (χ1n) is 5.87. The van der Waals surface area contributed by atoms with E-state index in [4.69, 9.17) is 10.5 Å². The summed E-state index contributed by atoms with van der Waals surface area (Å²) in [4.78, 5) is 11.5. The normalized spacial score (nSPS) is 16.3. The Kier molecular flexibility index (Phi) is 3.22. The molecule has 3 N–H and O–H groups in total. The zero-order chi connectivity index (χ0) is 12.3. The van der Waals surface area contributed by atoms with Crippen LogP contribution in [-0.2, 0) is 4.79 Å². The second-order valence-electron chi connectivity index (χ2n) is 4.78. The molecule has 4 heteroatoms. The Morgan fingerprint density at radius 3 is 2.94 bits per heavy atom. The van der Waals surface area contributed by atoms with Crippen LogP contribution in [-0.4, -0.2) is 18.1 Å². The van der Waals surface area contributed by atoms with Crippen LogP contribution in [0.2, 0.25) is 0 Å². The molecule has 0 saturated heterocycles. The van der Waals surface area contributed by atoms with Gasteiger partial charge >= 0.3 is 0 Å². The summed E-state index contributed by atoms with van der Waals surface area (Å²) in [5.74, 6) is 0.754. The second kappa shape index (κ2) is 4.65. The van der Waals surface area contributed by atoms with Crippen molar-refractivity contribution in [2.24, 2.45) is 0 Å². The number of nitrogens with two attached hydrogens (primary N) is 1. The smallest absolute Gasteiger partial charge is 0.223 e. The Morgan fingerprint density at radius 2 is 2.29 bits per heavy atom. The number of ether oxygens (including phenoxy) is 1. The van der Waals surface area contributed by atoms with Gasteiger partial charge in [-0.05, 0) is 31.9 Å². The molecule has 0 unspecified atom stereocenters. The van der Waals surface area contributed by atoms with Crippen LogP contribution in [0.15, 0.2) is 24.3 Å². The summed E-state index contributed by atoms with van der Waals surface area (Å²) in [7, 11) is 0. The fourth-order valence-corrected chi connectivity index (χ4v) is 1.58. The van der Waals surface area contributed by atoms with Gasteiger partial charge in [-0.2, -0.15) is 0 Å². The molecule has 1 aliphatic carbocycles. The molecule has 1 aromatic carbocycles. The van der Waals surface area contributed by atoms with Crippen molar-refractivity contribution >= 4 is 11.6 Å². The molecule has 0 aromatic heterocycles. The van der Waals surface area contributed by atoms with E-state index in [1.807, 2.05) is 12.1 Å². The van der Waals surface area contributed by atoms with Gasteiger partial charge in [-0.15, -0.1) is 0 Å². The molecule has 92 valence electrons. The summed E-state index contributed by atoms with van der Waals surface area (Å²) in [6.07, 6.45) is 2.54. The van der Waals surface area contributed by atoms with Gasteiger partial charge in [0, 0.05) is 17.3 Å². The van der Waals surface area contributed by atoms with Gasteiger partial charge in [-0.1, -0.05) is 6.07 Å². The van der Waals surface area contributed by atoms with Crippen LogP contribution >= 0.6 is 0 Å². The molecule has 1 saturated carbocycles. The molecule has 0 aliphatic heterocycles. The average Bonchev–Trinajstić information content (AvgIpc) is 2.96. The first-order valence-corrected chi connectivity index (χ1v) is 5.87. The molecular weight excluding hydrogens is 216 g/mol. The van der Waals surface area contributed by atoms with Crippen molar-refractivity contribution in [3.8, 4) is 5.75 Å². The second-order valence-corrected chi connectivity index (χ2v) is 4.78. The van der Waals surface area contributed by atoms with Gasteiger partial charge in [0.15, 0.2) is 0 Å². The van der Waals surface area contributed by atoms with E-state index in [0.717, 1.165) is 12.8 Å². The van der Waals surface area contributed by atoms with Crippen LogP contribution < -0.4 is 15.8 Å². The Balaban J connectivity index is 1.70. The summed E-state index contributed by atoms with van der Waals surface area (Å²) < 4.78 is 5.45. The van der Waals surface area contributed by atoms with Crippen LogP contribution in [0.1, 0.15) is 26.2 Å². The lowest BCUT2D eigenvalue weighted by Gasteiger charge is -2.11. The van der Waals surface area contributed by atoms with Crippen molar-refractivity contribution in [1.29, 1.82) is 0 Å². The number of hydrogen-bond donors (Lipinski definition) is 2. The summed E-state index contributed by atoms with van der Waals surface area (Å²) in [5, 5.41) is 2.98. The van der Waals surface area contributed by atoms with Crippen LogP contribution in [0.25, 0.3) is 0 Å². The lowest BCUT2D eigenvalue weighted by Crippen LogP contribution is -2.34. The molecule has 1 fully saturated rings. The number of carbonyl (C=O) groups excluding carboxylic acids is 1. The fraction of sp³-hybridized carbons (Fsp3) is 0.462. The van der Waals surface area contributed by atoms with Crippen LogP contribution in [0.3, 0.4) is 0 Å². The molecule has 0 atom stereocenters. The molecule has 0 heterocycles. The number of carbonyl (C=O) groups is 1. The van der Waals surface area contributed by atoms with Crippen molar-refractivity contribution in [2.75, 3.05) is 12.3 Å². The lowest BCUT2D eigenvalue weighted by atomic mass is 10.3. The van der Waals surface area contributed by atoms with E-state index >= 15 is 0 Å². The van der Waals surface area contributed by atoms with Gasteiger partial charge < -0.3 is 15.8 Å². The Labute approximate surface area is 101 Å². The van der Waals surface area contributed by atoms with E-state index in [9.17, 15) is 4.79 Å². The highest BCUT2D eigenvalue weighted by atomic mass is 16.5. The highest BCUT2D eigenvalue weighted by Gasteiger charge is 2.38. The number of nitrogen functional groups attached to an aromatic ring is 1. The Hall–Kier alpha value is -1.71. The van der Waals surface area contributed by atoms with E-state index in [-0.39, 0.29) is 11.4 Å². The SMILES string of the molecule is CC1(NC(=O)CCOc2cccc(N)c2)CC1. The predicted octanol–water partition coefficient (Wildman–Crippen LogP) is 1.71.